The summed E-state index contributed by atoms with van der Waals surface area (Å²) in [5.74, 6) is 0. The van der Waals surface area contributed by atoms with Crippen LogP contribution < -0.4 is 4.90 Å². The first kappa shape index (κ1) is 11.7. The highest BCUT2D eigenvalue weighted by atomic mass is 16.5. The maximum Gasteiger partial charge on any atom is 0.152 e. The molecule has 15 heavy (non-hydrogen) atoms. The molecule has 3 nitrogen and oxygen atoms in total. The number of methoxy groups -OCH3 is 1. The summed E-state index contributed by atoms with van der Waals surface area (Å²) in [6.45, 7) is 3.41. The van der Waals surface area contributed by atoms with Crippen molar-refractivity contribution in [1.29, 1.82) is 0 Å². The van der Waals surface area contributed by atoms with Gasteiger partial charge in [-0.3, -0.25) is 4.79 Å². The van der Waals surface area contributed by atoms with Crippen LogP contribution in [0, 0.1) is 6.92 Å². The first-order valence-electron chi connectivity index (χ1n) is 4.95. The van der Waals surface area contributed by atoms with E-state index in [-0.39, 0.29) is 0 Å². The minimum Gasteiger partial charge on any atom is -0.383 e. The summed E-state index contributed by atoms with van der Waals surface area (Å²) in [4.78, 5) is 12.9. The molecule has 0 saturated heterocycles. The fourth-order valence-corrected chi connectivity index (χ4v) is 1.46. The van der Waals surface area contributed by atoms with Crippen molar-refractivity contribution < 1.29 is 9.53 Å². The SMILES string of the molecule is COCCN(C)c1ccc(C)cc1C=O. The van der Waals surface area contributed by atoms with Crippen molar-refractivity contribution in [3.05, 3.63) is 29.3 Å². The van der Waals surface area contributed by atoms with Gasteiger partial charge in [0.1, 0.15) is 0 Å². The number of ether oxygens (including phenoxy) is 1. The topological polar surface area (TPSA) is 29.5 Å². The Labute approximate surface area is 90.7 Å². The number of benzene rings is 1. The highest BCUT2D eigenvalue weighted by Gasteiger charge is 2.06. The summed E-state index contributed by atoms with van der Waals surface area (Å²) < 4.78 is 5.00. The number of rotatable bonds is 5. The molecule has 0 atom stereocenters. The molecular weight excluding hydrogens is 190 g/mol. The van der Waals surface area contributed by atoms with Crippen LogP contribution >= 0.6 is 0 Å². The van der Waals surface area contributed by atoms with Gasteiger partial charge in [-0.15, -0.1) is 0 Å². The van der Waals surface area contributed by atoms with Gasteiger partial charge in [-0.2, -0.15) is 0 Å². The molecule has 0 heterocycles. The minimum absolute atomic E-state index is 0.655. The fourth-order valence-electron chi connectivity index (χ4n) is 1.46. The average molecular weight is 207 g/mol. The molecule has 0 aliphatic heterocycles. The Morgan fingerprint density at radius 3 is 2.80 bits per heavy atom. The van der Waals surface area contributed by atoms with Gasteiger partial charge in [-0.25, -0.2) is 0 Å². The van der Waals surface area contributed by atoms with E-state index in [2.05, 4.69) is 0 Å². The van der Waals surface area contributed by atoms with E-state index in [4.69, 9.17) is 4.74 Å². The number of aryl methyl sites for hydroxylation is 1. The lowest BCUT2D eigenvalue weighted by molar-refractivity contribution is 0.112. The van der Waals surface area contributed by atoms with Crippen LogP contribution in [0.5, 0.6) is 0 Å². The minimum atomic E-state index is 0.655. The molecule has 0 N–H and O–H groups in total. The molecule has 0 fully saturated rings. The van der Waals surface area contributed by atoms with Crippen molar-refractivity contribution >= 4 is 12.0 Å². The monoisotopic (exact) mass is 207 g/mol. The van der Waals surface area contributed by atoms with Crippen LogP contribution in [0.15, 0.2) is 18.2 Å². The Bertz CT molecular complexity index is 336. The highest BCUT2D eigenvalue weighted by molar-refractivity contribution is 5.84. The third-order valence-electron chi connectivity index (χ3n) is 2.35. The van der Waals surface area contributed by atoms with Crippen LogP contribution in [-0.2, 0) is 4.74 Å². The van der Waals surface area contributed by atoms with Gasteiger partial charge < -0.3 is 9.64 Å². The quantitative estimate of drug-likeness (QED) is 0.690. The predicted molar refractivity (Wildman–Crippen MR) is 61.7 cm³/mol. The normalized spacial score (nSPS) is 10.1. The molecule has 0 radical (unpaired) electrons. The largest absolute Gasteiger partial charge is 0.383 e. The summed E-state index contributed by atoms with van der Waals surface area (Å²) in [7, 11) is 3.63. The van der Waals surface area contributed by atoms with E-state index >= 15 is 0 Å². The van der Waals surface area contributed by atoms with Crippen molar-refractivity contribution in [2.24, 2.45) is 0 Å². The summed E-state index contributed by atoms with van der Waals surface area (Å²) >= 11 is 0. The molecule has 0 unspecified atom stereocenters. The number of anilines is 1. The fraction of sp³-hybridized carbons (Fsp3) is 0.417. The van der Waals surface area contributed by atoms with E-state index in [1.165, 1.54) is 0 Å². The van der Waals surface area contributed by atoms with E-state index in [1.807, 2.05) is 37.1 Å². The summed E-state index contributed by atoms with van der Waals surface area (Å²) in [6.07, 6.45) is 0.894. The molecule has 0 bridgehead atoms. The molecule has 0 amide bonds. The first-order valence-corrected chi connectivity index (χ1v) is 4.95. The van der Waals surface area contributed by atoms with Crippen LogP contribution in [0.3, 0.4) is 0 Å². The maximum absolute atomic E-state index is 10.9. The summed E-state index contributed by atoms with van der Waals surface area (Å²) in [6, 6.07) is 5.87. The van der Waals surface area contributed by atoms with Gasteiger partial charge in [0.15, 0.2) is 6.29 Å². The van der Waals surface area contributed by atoms with Gasteiger partial charge in [-0.05, 0) is 19.1 Å². The molecule has 3 heteroatoms. The van der Waals surface area contributed by atoms with E-state index in [0.29, 0.717) is 6.61 Å². The van der Waals surface area contributed by atoms with E-state index in [1.54, 1.807) is 7.11 Å². The lowest BCUT2D eigenvalue weighted by atomic mass is 10.1. The zero-order chi connectivity index (χ0) is 11.3. The number of carbonyl (C=O) groups is 1. The van der Waals surface area contributed by atoms with Crippen LogP contribution in [0.25, 0.3) is 0 Å². The van der Waals surface area contributed by atoms with Crippen LogP contribution in [-0.4, -0.2) is 33.6 Å². The predicted octanol–water partition coefficient (Wildman–Crippen LogP) is 1.89. The molecule has 0 spiro atoms. The van der Waals surface area contributed by atoms with E-state index < -0.39 is 0 Å². The van der Waals surface area contributed by atoms with Gasteiger partial charge in [-0.1, -0.05) is 11.6 Å². The Morgan fingerprint density at radius 2 is 2.20 bits per heavy atom. The van der Waals surface area contributed by atoms with Crippen molar-refractivity contribution in [3.63, 3.8) is 0 Å². The highest BCUT2D eigenvalue weighted by Crippen LogP contribution is 2.18. The molecule has 0 aliphatic rings. The summed E-state index contributed by atoms with van der Waals surface area (Å²) in [5.41, 5.74) is 2.78. The standard InChI is InChI=1S/C12H17NO2/c1-10-4-5-12(11(8-10)9-14)13(2)6-7-15-3/h4-5,8-9H,6-7H2,1-3H3. The lowest BCUT2D eigenvalue weighted by Crippen LogP contribution is -2.23. The van der Waals surface area contributed by atoms with Gasteiger partial charge in [0.2, 0.25) is 0 Å². The van der Waals surface area contributed by atoms with Gasteiger partial charge >= 0.3 is 0 Å². The second kappa shape index (κ2) is 5.51. The molecule has 1 aromatic rings. The second-order valence-corrected chi connectivity index (χ2v) is 3.59. The number of hydrogen-bond acceptors (Lipinski definition) is 3. The van der Waals surface area contributed by atoms with Crippen molar-refractivity contribution in [2.75, 3.05) is 32.2 Å². The van der Waals surface area contributed by atoms with Crippen LogP contribution in [0.4, 0.5) is 5.69 Å². The van der Waals surface area contributed by atoms with Gasteiger partial charge in [0.05, 0.1) is 6.61 Å². The third kappa shape index (κ3) is 3.06. The zero-order valence-electron chi connectivity index (χ0n) is 9.49. The zero-order valence-corrected chi connectivity index (χ0v) is 9.49. The number of aldehydes is 1. The second-order valence-electron chi connectivity index (χ2n) is 3.59. The third-order valence-corrected chi connectivity index (χ3v) is 2.35. The smallest absolute Gasteiger partial charge is 0.152 e. The number of nitrogens with zero attached hydrogens (tertiary/aromatic N) is 1. The molecule has 1 rings (SSSR count). The van der Waals surface area contributed by atoms with Gasteiger partial charge in [0.25, 0.3) is 0 Å². The lowest BCUT2D eigenvalue weighted by Gasteiger charge is -2.20. The average Bonchev–Trinajstić information content (AvgIpc) is 2.25. The summed E-state index contributed by atoms with van der Waals surface area (Å²) in [5, 5.41) is 0. The first-order chi connectivity index (χ1) is 7.19. The van der Waals surface area contributed by atoms with Crippen molar-refractivity contribution in [3.8, 4) is 0 Å². The molecule has 0 aliphatic carbocycles. The number of likely N-dealkylation sites (N-methyl/N-ethyl adjacent to an activating group) is 1. The van der Waals surface area contributed by atoms with Crippen LogP contribution in [0.2, 0.25) is 0 Å². The van der Waals surface area contributed by atoms with Gasteiger partial charge in [0, 0.05) is 32.0 Å². The van der Waals surface area contributed by atoms with Crippen molar-refractivity contribution in [1.82, 2.24) is 0 Å². The number of hydrogen-bond donors (Lipinski definition) is 0. The number of carbonyl (C=O) groups excluding carboxylic acids is 1. The van der Waals surface area contributed by atoms with Crippen molar-refractivity contribution in [2.45, 2.75) is 6.92 Å². The maximum atomic E-state index is 10.9. The molecule has 0 saturated carbocycles. The molecule has 82 valence electrons. The van der Waals surface area contributed by atoms with E-state index in [0.717, 1.165) is 29.6 Å². The Balaban J connectivity index is 2.87. The molecule has 0 aromatic heterocycles. The molecule has 1 aromatic carbocycles. The van der Waals surface area contributed by atoms with E-state index in [9.17, 15) is 4.79 Å². The Kier molecular flexibility index (Phi) is 4.31. The Morgan fingerprint density at radius 1 is 1.47 bits per heavy atom. The molecular formula is C12H17NO2. The Hall–Kier alpha value is -1.35. The van der Waals surface area contributed by atoms with Crippen LogP contribution in [0.1, 0.15) is 15.9 Å².